The van der Waals surface area contributed by atoms with Gasteiger partial charge in [-0.3, -0.25) is 9.79 Å². The Morgan fingerprint density at radius 1 is 1.23 bits per heavy atom. The highest BCUT2D eigenvalue weighted by Crippen LogP contribution is 2.39. The van der Waals surface area contributed by atoms with Crippen LogP contribution >= 0.6 is 0 Å². The zero-order valence-electron chi connectivity index (χ0n) is 19.9. The lowest BCUT2D eigenvalue weighted by Gasteiger charge is -2.33. The standard InChI is InChI=1S/C26H37N3O/c1-17(2)23-15-21(29(8)19(4)30)11-9-20(23)10-12-25(28-7)22-13-14-26(5,6)16-24(22)18(3)27/h9-12,15,17,27H,13-14,16H2,1-8H3/b12-10+,27-18?,28-25-. The van der Waals surface area contributed by atoms with Crippen LogP contribution in [0.3, 0.4) is 0 Å². The number of carbonyl (C=O) groups excluding carboxylic acids is 1. The van der Waals surface area contributed by atoms with Crippen molar-refractivity contribution in [1.29, 1.82) is 5.41 Å². The maximum absolute atomic E-state index is 11.7. The van der Waals surface area contributed by atoms with Crippen LogP contribution in [0, 0.1) is 10.8 Å². The van der Waals surface area contributed by atoms with Gasteiger partial charge in [0.25, 0.3) is 0 Å². The molecule has 0 radical (unpaired) electrons. The minimum Gasteiger partial charge on any atom is -0.316 e. The van der Waals surface area contributed by atoms with E-state index >= 15 is 0 Å². The Hall–Kier alpha value is -2.49. The molecule has 162 valence electrons. The summed E-state index contributed by atoms with van der Waals surface area (Å²) >= 11 is 0. The average Bonchev–Trinajstić information content (AvgIpc) is 2.67. The fraction of sp³-hybridized carbons (Fsp3) is 0.500. The number of rotatable bonds is 6. The van der Waals surface area contributed by atoms with E-state index in [9.17, 15) is 4.79 Å². The molecule has 0 bridgehead atoms. The Kier molecular flexibility index (Phi) is 7.57. The molecule has 1 amide bonds. The summed E-state index contributed by atoms with van der Waals surface area (Å²) in [5, 5.41) is 8.28. The Bertz CT molecular complexity index is 916. The predicted molar refractivity (Wildman–Crippen MR) is 130 cm³/mol. The van der Waals surface area contributed by atoms with Crippen molar-refractivity contribution in [3.63, 3.8) is 0 Å². The normalized spacial score (nSPS) is 17.0. The van der Waals surface area contributed by atoms with E-state index in [1.807, 2.05) is 20.0 Å². The van der Waals surface area contributed by atoms with Gasteiger partial charge >= 0.3 is 0 Å². The summed E-state index contributed by atoms with van der Waals surface area (Å²) in [6.07, 6.45) is 7.20. The number of benzene rings is 1. The Balaban J connectivity index is 2.44. The Morgan fingerprint density at radius 2 is 1.90 bits per heavy atom. The largest absolute Gasteiger partial charge is 0.316 e. The molecule has 0 saturated carbocycles. The van der Waals surface area contributed by atoms with Gasteiger partial charge in [0.1, 0.15) is 0 Å². The van der Waals surface area contributed by atoms with Gasteiger partial charge in [0.2, 0.25) is 5.91 Å². The summed E-state index contributed by atoms with van der Waals surface area (Å²) in [7, 11) is 3.63. The fourth-order valence-corrected chi connectivity index (χ4v) is 4.01. The number of amides is 1. The van der Waals surface area contributed by atoms with E-state index in [1.165, 1.54) is 11.1 Å². The summed E-state index contributed by atoms with van der Waals surface area (Å²) in [4.78, 5) is 18.0. The summed E-state index contributed by atoms with van der Waals surface area (Å²) in [5.74, 6) is 0.358. The van der Waals surface area contributed by atoms with Crippen LogP contribution in [0.15, 0.2) is 40.4 Å². The van der Waals surface area contributed by atoms with Crippen molar-refractivity contribution >= 4 is 29.1 Å². The highest BCUT2D eigenvalue weighted by Gasteiger charge is 2.29. The summed E-state index contributed by atoms with van der Waals surface area (Å²) in [5.41, 5.74) is 7.43. The van der Waals surface area contributed by atoms with Crippen LogP contribution in [0.2, 0.25) is 0 Å². The first-order valence-corrected chi connectivity index (χ1v) is 10.8. The number of carbonyl (C=O) groups is 1. The number of nitrogens with zero attached hydrogens (tertiary/aromatic N) is 2. The molecule has 0 unspecified atom stereocenters. The lowest BCUT2D eigenvalue weighted by Crippen LogP contribution is -2.24. The van der Waals surface area contributed by atoms with Gasteiger partial charge in [-0.1, -0.05) is 39.8 Å². The van der Waals surface area contributed by atoms with Crippen LogP contribution in [-0.2, 0) is 4.79 Å². The van der Waals surface area contributed by atoms with Crippen LogP contribution in [0.1, 0.15) is 77.8 Å². The maximum atomic E-state index is 11.7. The van der Waals surface area contributed by atoms with Gasteiger partial charge in [0.15, 0.2) is 0 Å². The van der Waals surface area contributed by atoms with E-state index in [4.69, 9.17) is 5.41 Å². The SMILES string of the molecule is C/N=C(/C=C/c1ccc(N(C)C(C)=O)cc1C(C)C)C1=C(C(C)=N)CC(C)(C)CC1. The second-order valence-corrected chi connectivity index (χ2v) is 9.41. The molecule has 0 heterocycles. The molecule has 0 atom stereocenters. The van der Waals surface area contributed by atoms with Crippen LogP contribution in [0.4, 0.5) is 5.69 Å². The summed E-state index contributed by atoms with van der Waals surface area (Å²) in [6.45, 7) is 12.4. The lowest BCUT2D eigenvalue weighted by atomic mass is 9.72. The van der Waals surface area contributed by atoms with Crippen LogP contribution in [-0.4, -0.2) is 31.4 Å². The molecule has 0 fully saturated rings. The molecule has 1 aliphatic carbocycles. The van der Waals surface area contributed by atoms with Crippen molar-refractivity contribution in [3.05, 3.63) is 46.5 Å². The van der Waals surface area contributed by atoms with Crippen LogP contribution < -0.4 is 4.90 Å². The van der Waals surface area contributed by atoms with E-state index in [0.29, 0.717) is 11.6 Å². The highest BCUT2D eigenvalue weighted by atomic mass is 16.2. The van der Waals surface area contributed by atoms with Crippen molar-refractivity contribution in [2.75, 3.05) is 19.0 Å². The Labute approximate surface area is 182 Å². The number of aliphatic imine (C=N–C) groups is 1. The zero-order chi connectivity index (χ0) is 22.6. The third-order valence-corrected chi connectivity index (χ3v) is 6.05. The van der Waals surface area contributed by atoms with Crippen LogP contribution in [0.5, 0.6) is 0 Å². The molecule has 1 N–H and O–H groups in total. The van der Waals surface area contributed by atoms with Crippen molar-refractivity contribution in [2.24, 2.45) is 10.4 Å². The van der Waals surface area contributed by atoms with Crippen molar-refractivity contribution in [3.8, 4) is 0 Å². The third kappa shape index (κ3) is 5.56. The molecule has 2 rings (SSSR count). The first-order valence-electron chi connectivity index (χ1n) is 10.8. The van der Waals surface area contributed by atoms with Gasteiger partial charge in [-0.15, -0.1) is 0 Å². The second-order valence-electron chi connectivity index (χ2n) is 9.41. The predicted octanol–water partition coefficient (Wildman–Crippen LogP) is 6.42. The van der Waals surface area contributed by atoms with E-state index < -0.39 is 0 Å². The van der Waals surface area contributed by atoms with Gasteiger partial charge < -0.3 is 10.3 Å². The maximum Gasteiger partial charge on any atom is 0.223 e. The fourth-order valence-electron chi connectivity index (χ4n) is 4.01. The highest BCUT2D eigenvalue weighted by molar-refractivity contribution is 6.15. The van der Waals surface area contributed by atoms with E-state index in [0.717, 1.165) is 41.8 Å². The minimum absolute atomic E-state index is 0.0232. The molecule has 0 saturated heterocycles. The lowest BCUT2D eigenvalue weighted by molar-refractivity contribution is -0.116. The molecule has 0 aliphatic heterocycles. The van der Waals surface area contributed by atoms with E-state index in [2.05, 4.69) is 57.0 Å². The monoisotopic (exact) mass is 407 g/mol. The minimum atomic E-state index is 0.0232. The molecule has 1 aliphatic rings. The third-order valence-electron chi connectivity index (χ3n) is 6.05. The summed E-state index contributed by atoms with van der Waals surface area (Å²) in [6, 6.07) is 6.17. The molecule has 1 aromatic carbocycles. The van der Waals surface area contributed by atoms with Crippen molar-refractivity contribution in [2.45, 2.75) is 66.7 Å². The number of allylic oxidation sites excluding steroid dienone is 3. The molecular weight excluding hydrogens is 370 g/mol. The molecule has 1 aromatic rings. The van der Waals surface area contributed by atoms with Gasteiger partial charge in [0.05, 0.1) is 5.71 Å². The van der Waals surface area contributed by atoms with Gasteiger partial charge in [-0.25, -0.2) is 0 Å². The first kappa shape index (κ1) is 23.8. The van der Waals surface area contributed by atoms with Gasteiger partial charge in [0, 0.05) is 32.4 Å². The van der Waals surface area contributed by atoms with Gasteiger partial charge in [-0.05, 0) is 78.0 Å². The molecule has 30 heavy (non-hydrogen) atoms. The number of nitrogens with one attached hydrogen (secondary N) is 1. The molecule has 4 heteroatoms. The molecule has 0 spiro atoms. The quantitative estimate of drug-likeness (QED) is 0.543. The number of hydrogen-bond donors (Lipinski definition) is 1. The number of anilines is 1. The average molecular weight is 408 g/mol. The molecule has 4 nitrogen and oxygen atoms in total. The molecule has 0 aromatic heterocycles. The zero-order valence-corrected chi connectivity index (χ0v) is 19.9. The van der Waals surface area contributed by atoms with Gasteiger partial charge in [-0.2, -0.15) is 0 Å². The van der Waals surface area contributed by atoms with E-state index in [1.54, 1.807) is 18.9 Å². The topological polar surface area (TPSA) is 56.5 Å². The van der Waals surface area contributed by atoms with E-state index in [-0.39, 0.29) is 11.3 Å². The molecular formula is C26H37N3O. The summed E-state index contributed by atoms with van der Waals surface area (Å²) < 4.78 is 0. The van der Waals surface area contributed by atoms with Crippen LogP contribution in [0.25, 0.3) is 6.08 Å². The van der Waals surface area contributed by atoms with Crippen molar-refractivity contribution < 1.29 is 4.79 Å². The number of hydrogen-bond acceptors (Lipinski definition) is 3. The smallest absolute Gasteiger partial charge is 0.223 e. The second kappa shape index (κ2) is 9.55. The Morgan fingerprint density at radius 3 is 2.43 bits per heavy atom. The first-order chi connectivity index (χ1) is 14.0. The van der Waals surface area contributed by atoms with Crippen molar-refractivity contribution in [1.82, 2.24) is 0 Å².